The smallest absolute Gasteiger partial charge is 0.244 e. The zero-order valence-corrected chi connectivity index (χ0v) is 10.7. The first-order valence-electron chi connectivity index (χ1n) is 5.16. The quantitative estimate of drug-likeness (QED) is 0.595. The van der Waals surface area contributed by atoms with Gasteiger partial charge in [0.15, 0.2) is 0 Å². The predicted octanol–water partition coefficient (Wildman–Crippen LogP) is 2.35. The maximum atomic E-state index is 10.7. The topological polar surface area (TPSA) is 70.8 Å². The summed E-state index contributed by atoms with van der Waals surface area (Å²) in [4.78, 5) is 10.2. The van der Waals surface area contributed by atoms with E-state index in [1.54, 1.807) is 12.1 Å². The molecule has 1 aromatic rings. The summed E-state index contributed by atoms with van der Waals surface area (Å²) < 4.78 is 15.5. The highest BCUT2D eigenvalue weighted by atomic mass is 16.6. The number of hydrogen-bond donors (Lipinski definition) is 0. The molecule has 0 aliphatic carbocycles. The third-order valence-electron chi connectivity index (χ3n) is 2.39. The van der Waals surface area contributed by atoms with Crippen LogP contribution in [0, 0.1) is 10.1 Å². The van der Waals surface area contributed by atoms with Gasteiger partial charge < -0.3 is 14.2 Å². The number of ether oxygens (including phenoxy) is 3. The van der Waals surface area contributed by atoms with Crippen molar-refractivity contribution in [3.63, 3.8) is 0 Å². The van der Waals surface area contributed by atoms with Gasteiger partial charge in [-0.1, -0.05) is 0 Å². The number of hydrogen-bond acceptors (Lipinski definition) is 5. The number of benzene rings is 1. The molecule has 0 saturated carbocycles. The van der Waals surface area contributed by atoms with E-state index in [2.05, 4.69) is 0 Å². The molecule has 0 amide bonds. The molecule has 0 N–H and O–H groups in total. The highest BCUT2D eigenvalue weighted by Crippen LogP contribution is 2.35. The molecule has 0 aromatic heterocycles. The third-order valence-corrected chi connectivity index (χ3v) is 2.39. The van der Waals surface area contributed by atoms with Gasteiger partial charge in [-0.25, -0.2) is 0 Å². The van der Waals surface area contributed by atoms with Crippen LogP contribution >= 0.6 is 0 Å². The number of rotatable bonds is 5. The highest BCUT2D eigenvalue weighted by molar-refractivity contribution is 5.67. The molecule has 0 aliphatic rings. The SMILES string of the molecule is COc1cc(OC)c(/C=C(\C)[N+](=O)[O-])c(OC)c1. The van der Waals surface area contributed by atoms with E-state index >= 15 is 0 Å². The molecule has 0 fully saturated rings. The molecule has 1 aromatic carbocycles. The molecule has 0 radical (unpaired) electrons. The lowest BCUT2D eigenvalue weighted by Crippen LogP contribution is -1.98. The molecule has 1 rings (SSSR count). The van der Waals surface area contributed by atoms with Gasteiger partial charge in [-0.3, -0.25) is 10.1 Å². The molecule has 0 aliphatic heterocycles. The molecule has 0 bridgehead atoms. The minimum Gasteiger partial charge on any atom is -0.496 e. The van der Waals surface area contributed by atoms with Crippen LogP contribution in [0.15, 0.2) is 17.8 Å². The van der Waals surface area contributed by atoms with E-state index in [4.69, 9.17) is 14.2 Å². The van der Waals surface area contributed by atoms with Crippen molar-refractivity contribution in [2.45, 2.75) is 6.92 Å². The predicted molar refractivity (Wildman–Crippen MR) is 66.7 cm³/mol. The van der Waals surface area contributed by atoms with E-state index in [1.165, 1.54) is 34.3 Å². The summed E-state index contributed by atoms with van der Waals surface area (Å²) in [5.74, 6) is 1.46. The van der Waals surface area contributed by atoms with Gasteiger partial charge >= 0.3 is 0 Å². The first-order chi connectivity index (χ1) is 8.53. The molecule has 0 atom stereocenters. The van der Waals surface area contributed by atoms with Gasteiger partial charge in [-0.05, 0) is 0 Å². The van der Waals surface area contributed by atoms with Crippen LogP contribution in [0.5, 0.6) is 17.2 Å². The van der Waals surface area contributed by atoms with Gasteiger partial charge in [0.05, 0.1) is 31.8 Å². The second-order valence-electron chi connectivity index (χ2n) is 3.49. The Bertz CT molecular complexity index is 456. The van der Waals surface area contributed by atoms with Crippen LogP contribution in [0.2, 0.25) is 0 Å². The van der Waals surface area contributed by atoms with Crippen molar-refractivity contribution in [2.24, 2.45) is 0 Å². The Morgan fingerprint density at radius 2 is 1.67 bits per heavy atom. The number of methoxy groups -OCH3 is 3. The van der Waals surface area contributed by atoms with E-state index in [0.29, 0.717) is 22.8 Å². The maximum Gasteiger partial charge on any atom is 0.244 e. The maximum absolute atomic E-state index is 10.7. The summed E-state index contributed by atoms with van der Waals surface area (Å²) in [5, 5.41) is 10.7. The first-order valence-corrected chi connectivity index (χ1v) is 5.16. The van der Waals surface area contributed by atoms with Crippen molar-refractivity contribution >= 4 is 6.08 Å². The van der Waals surface area contributed by atoms with Crippen LogP contribution in [0.1, 0.15) is 12.5 Å². The van der Waals surface area contributed by atoms with Crippen molar-refractivity contribution in [2.75, 3.05) is 21.3 Å². The summed E-state index contributed by atoms with van der Waals surface area (Å²) in [6.07, 6.45) is 1.40. The summed E-state index contributed by atoms with van der Waals surface area (Å²) in [6, 6.07) is 3.28. The van der Waals surface area contributed by atoms with Crippen LogP contribution in [-0.4, -0.2) is 26.3 Å². The van der Waals surface area contributed by atoms with Crippen molar-refractivity contribution in [3.8, 4) is 17.2 Å². The summed E-state index contributed by atoms with van der Waals surface area (Å²) in [7, 11) is 4.48. The zero-order valence-electron chi connectivity index (χ0n) is 10.7. The van der Waals surface area contributed by atoms with Gasteiger partial charge in [-0.2, -0.15) is 0 Å². The molecule has 0 heterocycles. The number of allylic oxidation sites excluding steroid dienone is 1. The summed E-state index contributed by atoms with van der Waals surface area (Å²) in [6.45, 7) is 1.41. The molecule has 0 spiro atoms. The molecule has 6 heteroatoms. The Hall–Kier alpha value is -2.24. The lowest BCUT2D eigenvalue weighted by Gasteiger charge is -2.12. The van der Waals surface area contributed by atoms with Crippen LogP contribution in [0.25, 0.3) is 6.08 Å². The van der Waals surface area contributed by atoms with Crippen molar-refractivity contribution in [1.29, 1.82) is 0 Å². The van der Waals surface area contributed by atoms with Crippen molar-refractivity contribution in [1.82, 2.24) is 0 Å². The van der Waals surface area contributed by atoms with Crippen LogP contribution in [-0.2, 0) is 0 Å². The molecule has 6 nitrogen and oxygen atoms in total. The van der Waals surface area contributed by atoms with E-state index in [-0.39, 0.29) is 5.70 Å². The lowest BCUT2D eigenvalue weighted by atomic mass is 10.1. The Morgan fingerprint density at radius 3 is 2.00 bits per heavy atom. The minimum atomic E-state index is -0.469. The summed E-state index contributed by atoms with van der Waals surface area (Å²) >= 11 is 0. The van der Waals surface area contributed by atoms with E-state index in [0.717, 1.165) is 0 Å². The second-order valence-corrected chi connectivity index (χ2v) is 3.49. The third kappa shape index (κ3) is 2.91. The number of nitrogens with zero attached hydrogens (tertiary/aromatic N) is 1. The van der Waals surface area contributed by atoms with Gasteiger partial charge in [0.25, 0.3) is 0 Å². The molecular weight excluding hydrogens is 238 g/mol. The first kappa shape index (κ1) is 13.8. The molecule has 0 unspecified atom stereocenters. The Balaban J connectivity index is 3.40. The van der Waals surface area contributed by atoms with Gasteiger partial charge in [0, 0.05) is 25.1 Å². The highest BCUT2D eigenvalue weighted by Gasteiger charge is 2.14. The van der Waals surface area contributed by atoms with E-state index in [1.807, 2.05) is 0 Å². The average Bonchev–Trinajstić information content (AvgIpc) is 2.38. The molecular formula is C12H15NO5. The molecule has 98 valence electrons. The largest absolute Gasteiger partial charge is 0.496 e. The average molecular weight is 253 g/mol. The Morgan fingerprint density at radius 1 is 1.17 bits per heavy atom. The monoisotopic (exact) mass is 253 g/mol. The second kappa shape index (κ2) is 5.90. The van der Waals surface area contributed by atoms with Gasteiger partial charge in [0.1, 0.15) is 17.2 Å². The van der Waals surface area contributed by atoms with Crippen LogP contribution in [0.4, 0.5) is 0 Å². The fourth-order valence-corrected chi connectivity index (χ4v) is 1.44. The van der Waals surface area contributed by atoms with Crippen molar-refractivity contribution in [3.05, 3.63) is 33.5 Å². The van der Waals surface area contributed by atoms with E-state index < -0.39 is 4.92 Å². The standard InChI is InChI=1S/C12H15NO5/c1-8(13(14)15)5-10-11(17-3)6-9(16-2)7-12(10)18-4/h5-7H,1-4H3/b8-5+. The Kier molecular flexibility index (Phi) is 4.53. The number of nitro groups is 1. The fourth-order valence-electron chi connectivity index (χ4n) is 1.44. The van der Waals surface area contributed by atoms with Crippen LogP contribution in [0.3, 0.4) is 0 Å². The molecule has 18 heavy (non-hydrogen) atoms. The van der Waals surface area contributed by atoms with Gasteiger partial charge in [-0.15, -0.1) is 0 Å². The van der Waals surface area contributed by atoms with E-state index in [9.17, 15) is 10.1 Å². The minimum absolute atomic E-state index is 0.00299. The normalized spacial score (nSPS) is 11.0. The fraction of sp³-hybridized carbons (Fsp3) is 0.333. The molecule has 0 saturated heterocycles. The van der Waals surface area contributed by atoms with Crippen molar-refractivity contribution < 1.29 is 19.1 Å². The van der Waals surface area contributed by atoms with Gasteiger partial charge in [0.2, 0.25) is 5.70 Å². The summed E-state index contributed by atoms with van der Waals surface area (Å²) in [5.41, 5.74) is 0.506. The Labute approximate surface area is 105 Å². The van der Waals surface area contributed by atoms with Crippen LogP contribution < -0.4 is 14.2 Å². The zero-order chi connectivity index (χ0) is 13.7. The lowest BCUT2D eigenvalue weighted by molar-refractivity contribution is -0.422.